The highest BCUT2D eigenvalue weighted by Gasteiger charge is 2.31. The van der Waals surface area contributed by atoms with Crippen LogP contribution in [0.15, 0.2) is 95.1 Å². The number of aromatic nitrogens is 1. The van der Waals surface area contributed by atoms with Crippen molar-refractivity contribution >= 4 is 46.6 Å². The van der Waals surface area contributed by atoms with Crippen molar-refractivity contribution in [3.8, 4) is 17.2 Å². The standard InChI is InChI=1S/C27H18Cl2N2O3/c1-33-26-12-8-20(16-30-26)31-24(17-5-3-2-4-6-17)14-18(27(31)32)13-21-9-11-25(34-21)22-15-19(28)7-10-23(22)29/h2-16H,1H3/b18-13+. The zero-order chi connectivity index (χ0) is 23.7. The molecule has 1 amide bonds. The Balaban J connectivity index is 1.54. The molecule has 0 unspecified atom stereocenters. The molecule has 2 aromatic carbocycles. The van der Waals surface area contributed by atoms with Crippen LogP contribution in [0.25, 0.3) is 23.1 Å². The van der Waals surface area contributed by atoms with Crippen LogP contribution in [0.1, 0.15) is 11.3 Å². The monoisotopic (exact) mass is 488 g/mol. The van der Waals surface area contributed by atoms with Crippen molar-refractivity contribution in [1.82, 2.24) is 4.98 Å². The van der Waals surface area contributed by atoms with Crippen LogP contribution in [-0.2, 0) is 4.79 Å². The van der Waals surface area contributed by atoms with Gasteiger partial charge in [-0.25, -0.2) is 4.98 Å². The zero-order valence-corrected chi connectivity index (χ0v) is 19.5. The van der Waals surface area contributed by atoms with Gasteiger partial charge in [0.1, 0.15) is 11.5 Å². The molecule has 1 aliphatic heterocycles. The van der Waals surface area contributed by atoms with E-state index in [1.807, 2.05) is 36.4 Å². The van der Waals surface area contributed by atoms with E-state index in [0.29, 0.717) is 44.3 Å². The Kier molecular flexibility index (Phi) is 5.97. The zero-order valence-electron chi connectivity index (χ0n) is 18.0. The number of anilines is 1. The van der Waals surface area contributed by atoms with Gasteiger partial charge in [-0.05, 0) is 54.1 Å². The van der Waals surface area contributed by atoms with Gasteiger partial charge in [0.25, 0.3) is 5.91 Å². The average Bonchev–Trinajstić information content (AvgIpc) is 3.46. The smallest absolute Gasteiger partial charge is 0.263 e. The largest absolute Gasteiger partial charge is 0.481 e. The number of nitrogens with zero attached hydrogens (tertiary/aromatic N) is 2. The van der Waals surface area contributed by atoms with E-state index in [2.05, 4.69) is 4.98 Å². The van der Waals surface area contributed by atoms with Crippen molar-refractivity contribution in [3.05, 3.63) is 112 Å². The minimum atomic E-state index is -0.190. The van der Waals surface area contributed by atoms with Gasteiger partial charge in [0.05, 0.1) is 29.7 Å². The Bertz CT molecular complexity index is 1420. The van der Waals surface area contributed by atoms with Crippen LogP contribution in [0.5, 0.6) is 5.88 Å². The number of halogens is 2. The number of benzene rings is 2. The predicted molar refractivity (Wildman–Crippen MR) is 135 cm³/mol. The summed E-state index contributed by atoms with van der Waals surface area (Å²) in [5, 5.41) is 1.08. The van der Waals surface area contributed by atoms with E-state index in [4.69, 9.17) is 32.4 Å². The second-order valence-electron chi connectivity index (χ2n) is 7.52. The lowest BCUT2D eigenvalue weighted by molar-refractivity contribution is -0.113. The van der Waals surface area contributed by atoms with Crippen LogP contribution >= 0.6 is 23.2 Å². The van der Waals surface area contributed by atoms with Gasteiger partial charge < -0.3 is 9.15 Å². The number of furan rings is 1. The molecule has 0 aliphatic carbocycles. The summed E-state index contributed by atoms with van der Waals surface area (Å²) in [7, 11) is 1.55. The first-order valence-electron chi connectivity index (χ1n) is 10.4. The van der Waals surface area contributed by atoms with E-state index in [1.165, 1.54) is 0 Å². The Morgan fingerprint density at radius 1 is 1.00 bits per heavy atom. The first-order valence-corrected chi connectivity index (χ1v) is 11.2. The first kappa shape index (κ1) is 22.0. The third kappa shape index (κ3) is 4.23. The highest BCUT2D eigenvalue weighted by molar-refractivity contribution is 6.35. The fourth-order valence-electron chi connectivity index (χ4n) is 3.73. The second kappa shape index (κ2) is 9.21. The summed E-state index contributed by atoms with van der Waals surface area (Å²) in [6.07, 6.45) is 5.17. The summed E-state index contributed by atoms with van der Waals surface area (Å²) in [5.41, 5.74) is 3.44. The van der Waals surface area contributed by atoms with Crippen LogP contribution in [0.3, 0.4) is 0 Å². The number of pyridine rings is 1. The molecule has 5 nitrogen and oxygen atoms in total. The van der Waals surface area contributed by atoms with Gasteiger partial charge in [0.2, 0.25) is 5.88 Å². The van der Waals surface area contributed by atoms with Crippen LogP contribution in [0.2, 0.25) is 10.0 Å². The number of hydrogen-bond acceptors (Lipinski definition) is 4. The van der Waals surface area contributed by atoms with Crippen LogP contribution in [0, 0.1) is 0 Å². The molecule has 1 aliphatic rings. The summed E-state index contributed by atoms with van der Waals surface area (Å²) >= 11 is 12.4. The van der Waals surface area contributed by atoms with Gasteiger partial charge >= 0.3 is 0 Å². The average molecular weight is 489 g/mol. The number of amides is 1. The summed E-state index contributed by atoms with van der Waals surface area (Å²) in [6, 6.07) is 22.0. The van der Waals surface area contributed by atoms with Crippen LogP contribution < -0.4 is 9.64 Å². The third-order valence-corrected chi connectivity index (χ3v) is 5.92. The van der Waals surface area contributed by atoms with Gasteiger partial charge in [0, 0.05) is 22.2 Å². The van der Waals surface area contributed by atoms with E-state index in [-0.39, 0.29) is 5.91 Å². The molecule has 0 saturated carbocycles. The topological polar surface area (TPSA) is 55.6 Å². The summed E-state index contributed by atoms with van der Waals surface area (Å²) in [6.45, 7) is 0. The molecule has 7 heteroatoms. The van der Waals surface area contributed by atoms with Crippen molar-refractivity contribution in [1.29, 1.82) is 0 Å². The van der Waals surface area contributed by atoms with Crippen molar-refractivity contribution in [3.63, 3.8) is 0 Å². The molecule has 34 heavy (non-hydrogen) atoms. The van der Waals surface area contributed by atoms with E-state index >= 15 is 0 Å². The molecule has 0 radical (unpaired) electrons. The highest BCUT2D eigenvalue weighted by atomic mass is 35.5. The van der Waals surface area contributed by atoms with Crippen molar-refractivity contribution in [2.75, 3.05) is 12.0 Å². The predicted octanol–water partition coefficient (Wildman–Crippen LogP) is 7.13. The SMILES string of the molecule is COc1ccc(N2C(=O)/C(=C/c3ccc(-c4cc(Cl)ccc4Cl)o3)C=C2c2ccccc2)cn1. The lowest BCUT2D eigenvalue weighted by atomic mass is 10.1. The molecular weight excluding hydrogens is 471 g/mol. The summed E-state index contributed by atoms with van der Waals surface area (Å²) < 4.78 is 11.1. The van der Waals surface area contributed by atoms with E-state index in [9.17, 15) is 4.79 Å². The van der Waals surface area contributed by atoms with Crippen molar-refractivity contribution in [2.45, 2.75) is 0 Å². The quantitative estimate of drug-likeness (QED) is 0.280. The molecule has 3 heterocycles. The van der Waals surface area contributed by atoms with Gasteiger partial charge in [0.15, 0.2) is 0 Å². The van der Waals surface area contributed by atoms with Gasteiger partial charge in [-0.2, -0.15) is 0 Å². The molecule has 5 rings (SSSR count). The molecular formula is C27H18Cl2N2O3. The first-order chi connectivity index (χ1) is 16.5. The molecule has 0 atom stereocenters. The number of rotatable bonds is 5. The maximum Gasteiger partial charge on any atom is 0.263 e. The Morgan fingerprint density at radius 2 is 1.82 bits per heavy atom. The van der Waals surface area contributed by atoms with Gasteiger partial charge in [-0.3, -0.25) is 9.69 Å². The minimum absolute atomic E-state index is 0.190. The lowest BCUT2D eigenvalue weighted by Crippen LogP contribution is -2.25. The van der Waals surface area contributed by atoms with Gasteiger partial charge in [-0.15, -0.1) is 0 Å². The van der Waals surface area contributed by atoms with Crippen molar-refractivity contribution < 1.29 is 13.9 Å². The number of carbonyl (C=O) groups is 1. The molecule has 4 aromatic rings. The van der Waals surface area contributed by atoms with E-state index in [1.54, 1.807) is 66.7 Å². The molecule has 168 valence electrons. The number of hydrogen-bond donors (Lipinski definition) is 0. The van der Waals surface area contributed by atoms with Crippen molar-refractivity contribution in [2.24, 2.45) is 0 Å². The summed E-state index contributed by atoms with van der Waals surface area (Å²) in [5.74, 6) is 1.37. The number of carbonyl (C=O) groups excluding carboxylic acids is 1. The lowest BCUT2D eigenvalue weighted by Gasteiger charge is -2.20. The molecule has 0 bridgehead atoms. The highest BCUT2D eigenvalue weighted by Crippen LogP contribution is 2.36. The van der Waals surface area contributed by atoms with Gasteiger partial charge in [-0.1, -0.05) is 53.5 Å². The van der Waals surface area contributed by atoms with Crippen LogP contribution in [-0.4, -0.2) is 18.0 Å². The summed E-state index contributed by atoms with van der Waals surface area (Å²) in [4.78, 5) is 19.4. The normalized spacial score (nSPS) is 14.6. The third-order valence-electron chi connectivity index (χ3n) is 5.36. The maximum absolute atomic E-state index is 13.5. The molecule has 0 N–H and O–H groups in total. The minimum Gasteiger partial charge on any atom is -0.481 e. The number of ether oxygens (including phenoxy) is 1. The Morgan fingerprint density at radius 3 is 2.56 bits per heavy atom. The fraction of sp³-hybridized carbons (Fsp3) is 0.0370. The molecule has 0 saturated heterocycles. The molecule has 0 spiro atoms. The molecule has 0 fully saturated rings. The molecule has 2 aromatic heterocycles. The fourth-order valence-corrected chi connectivity index (χ4v) is 4.12. The maximum atomic E-state index is 13.5. The number of methoxy groups -OCH3 is 1. The van der Waals surface area contributed by atoms with E-state index in [0.717, 1.165) is 11.3 Å². The second-order valence-corrected chi connectivity index (χ2v) is 8.36. The van der Waals surface area contributed by atoms with E-state index < -0.39 is 0 Å². The van der Waals surface area contributed by atoms with Crippen LogP contribution in [0.4, 0.5) is 5.69 Å². The Hall–Kier alpha value is -3.80. The Labute approximate surface area is 206 Å².